The number of hydrogen-bond acceptors (Lipinski definition) is 4. The molecule has 0 unspecified atom stereocenters. The van der Waals surface area contributed by atoms with Crippen molar-refractivity contribution in [1.82, 2.24) is 9.71 Å². The summed E-state index contributed by atoms with van der Waals surface area (Å²) in [5.41, 5.74) is 2.17. The summed E-state index contributed by atoms with van der Waals surface area (Å²) in [5.74, 6) is 0.132. The molecule has 0 fully saturated rings. The van der Waals surface area contributed by atoms with Gasteiger partial charge in [0.1, 0.15) is 11.4 Å². The maximum Gasteiger partial charge on any atom is 0.230 e. The summed E-state index contributed by atoms with van der Waals surface area (Å²) in [7, 11) is 0. The van der Waals surface area contributed by atoms with Gasteiger partial charge in [-0.15, -0.1) is 0 Å². The summed E-state index contributed by atoms with van der Waals surface area (Å²) in [4.78, 5) is 16.8. The normalized spacial score (nSPS) is 10.4. The summed E-state index contributed by atoms with van der Waals surface area (Å²) >= 11 is 1.25. The lowest BCUT2D eigenvalue weighted by Gasteiger charge is -2.11. The van der Waals surface area contributed by atoms with Crippen molar-refractivity contribution in [3.8, 4) is 17.0 Å². The quantitative estimate of drug-likeness (QED) is 0.827. The van der Waals surface area contributed by atoms with Gasteiger partial charge in [0.2, 0.25) is 5.91 Å². The Bertz CT molecular complexity index is 644. The Balaban J connectivity index is 2.28. The number of aryl methyl sites for hydroxylation is 1. The van der Waals surface area contributed by atoms with Gasteiger partial charge >= 0.3 is 0 Å². The van der Waals surface area contributed by atoms with Crippen LogP contribution in [0.1, 0.15) is 25.5 Å². The van der Waals surface area contributed by atoms with Gasteiger partial charge in [-0.1, -0.05) is 25.1 Å². The third-order valence-corrected chi connectivity index (χ3v) is 3.81. The Hall–Kier alpha value is -2.01. The van der Waals surface area contributed by atoms with Crippen LogP contribution < -0.4 is 4.72 Å². The van der Waals surface area contributed by atoms with E-state index in [0.29, 0.717) is 12.1 Å². The van der Waals surface area contributed by atoms with Crippen molar-refractivity contribution in [3.63, 3.8) is 0 Å². The molecule has 0 saturated carbocycles. The van der Waals surface area contributed by atoms with Gasteiger partial charge < -0.3 is 5.11 Å². The molecule has 2 rings (SSSR count). The molecule has 21 heavy (non-hydrogen) atoms. The highest BCUT2D eigenvalue weighted by atomic mass is 32.2. The van der Waals surface area contributed by atoms with Crippen LogP contribution in [0.4, 0.5) is 0 Å². The number of nitrogens with zero attached hydrogens (tertiary/aromatic N) is 1. The number of nitrogens with one attached hydrogen (secondary N) is 1. The number of hydrogen-bond donors (Lipinski definition) is 2. The van der Waals surface area contributed by atoms with Crippen LogP contribution in [0.15, 0.2) is 41.3 Å². The zero-order valence-electron chi connectivity index (χ0n) is 12.1. The van der Waals surface area contributed by atoms with Gasteiger partial charge in [0.05, 0.1) is 0 Å². The molecule has 0 atom stereocenters. The Morgan fingerprint density at radius 1 is 1.29 bits per heavy atom. The number of benzene rings is 1. The Labute approximate surface area is 128 Å². The van der Waals surface area contributed by atoms with Gasteiger partial charge in [-0.25, -0.2) is 4.98 Å². The van der Waals surface area contributed by atoms with Crippen LogP contribution in [0.25, 0.3) is 11.3 Å². The second-order valence-corrected chi connectivity index (χ2v) is 5.54. The van der Waals surface area contributed by atoms with Crippen molar-refractivity contribution in [2.75, 3.05) is 0 Å². The highest BCUT2D eigenvalue weighted by Gasteiger charge is 2.12. The monoisotopic (exact) mass is 302 g/mol. The molecule has 1 amide bonds. The van der Waals surface area contributed by atoms with Gasteiger partial charge in [-0.05, 0) is 43.5 Å². The molecule has 0 aliphatic carbocycles. The number of carbonyl (C=O) groups excluding carboxylic acids is 1. The third-order valence-electron chi connectivity index (χ3n) is 2.91. The molecule has 110 valence electrons. The molecule has 5 heteroatoms. The molecular weight excluding hydrogens is 284 g/mol. The van der Waals surface area contributed by atoms with Gasteiger partial charge in [0.25, 0.3) is 0 Å². The molecule has 4 nitrogen and oxygen atoms in total. The first kappa shape index (κ1) is 15.4. The average Bonchev–Trinajstić information content (AvgIpc) is 2.48. The zero-order valence-corrected chi connectivity index (χ0v) is 12.9. The zero-order chi connectivity index (χ0) is 15.2. The highest BCUT2D eigenvalue weighted by Crippen LogP contribution is 2.34. The van der Waals surface area contributed by atoms with E-state index in [-0.39, 0.29) is 11.7 Å². The number of rotatable bonds is 5. The number of aromatic nitrogens is 1. The fourth-order valence-corrected chi connectivity index (χ4v) is 2.64. The van der Waals surface area contributed by atoms with E-state index >= 15 is 0 Å². The summed E-state index contributed by atoms with van der Waals surface area (Å²) < 4.78 is 2.81. The van der Waals surface area contributed by atoms with E-state index in [1.165, 1.54) is 11.9 Å². The van der Waals surface area contributed by atoms with Crippen molar-refractivity contribution >= 4 is 17.9 Å². The standard InChI is InChI=1S/C16H18N2O2S/c1-3-6-15(20)18-21-14-8-5-4-7-12(14)16-13(19)10-9-11(2)17-16/h4-5,7-10,19H,3,6H2,1-2H3,(H,18,20). The van der Waals surface area contributed by atoms with Gasteiger partial charge in [0.15, 0.2) is 0 Å². The maximum absolute atomic E-state index is 11.6. The minimum Gasteiger partial charge on any atom is -0.506 e. The van der Waals surface area contributed by atoms with Crippen LogP contribution in [0.2, 0.25) is 0 Å². The molecule has 2 aromatic rings. The van der Waals surface area contributed by atoms with Crippen molar-refractivity contribution in [1.29, 1.82) is 0 Å². The molecule has 0 bridgehead atoms. The van der Waals surface area contributed by atoms with Crippen molar-refractivity contribution in [2.24, 2.45) is 0 Å². The molecule has 0 spiro atoms. The van der Waals surface area contributed by atoms with E-state index in [1.54, 1.807) is 12.1 Å². The molecule has 0 saturated heterocycles. The lowest BCUT2D eigenvalue weighted by Crippen LogP contribution is -2.14. The number of aromatic hydroxyl groups is 1. The van der Waals surface area contributed by atoms with Gasteiger partial charge in [-0.3, -0.25) is 9.52 Å². The first-order valence-corrected chi connectivity index (χ1v) is 7.65. The number of amides is 1. The van der Waals surface area contributed by atoms with Crippen LogP contribution >= 0.6 is 11.9 Å². The molecular formula is C16H18N2O2S. The average molecular weight is 302 g/mol. The molecule has 1 aromatic heterocycles. The summed E-state index contributed by atoms with van der Waals surface area (Å²) in [5, 5.41) is 10.0. The molecule has 1 aromatic carbocycles. The summed E-state index contributed by atoms with van der Waals surface area (Å²) in [6.45, 7) is 3.84. The SMILES string of the molecule is CCCC(=O)NSc1ccccc1-c1nc(C)ccc1O. The lowest BCUT2D eigenvalue weighted by molar-refractivity contribution is -0.119. The van der Waals surface area contributed by atoms with Crippen LogP contribution in [0.3, 0.4) is 0 Å². The fraction of sp³-hybridized carbons (Fsp3) is 0.250. The molecule has 0 radical (unpaired) electrons. The smallest absolute Gasteiger partial charge is 0.230 e. The second kappa shape index (κ2) is 7.13. The largest absolute Gasteiger partial charge is 0.506 e. The predicted octanol–water partition coefficient (Wildman–Crippen LogP) is 3.69. The topological polar surface area (TPSA) is 62.2 Å². The molecule has 2 N–H and O–H groups in total. The number of pyridine rings is 1. The van der Waals surface area contributed by atoms with Crippen LogP contribution in [0, 0.1) is 6.92 Å². The first-order valence-electron chi connectivity index (χ1n) is 6.83. The minimum atomic E-state index is -0.00118. The third kappa shape index (κ3) is 3.98. The molecule has 0 aliphatic rings. The Kier molecular flexibility index (Phi) is 5.22. The van der Waals surface area contributed by atoms with Crippen molar-refractivity contribution < 1.29 is 9.90 Å². The predicted molar refractivity (Wildman–Crippen MR) is 85.0 cm³/mol. The molecule has 0 aliphatic heterocycles. The maximum atomic E-state index is 11.6. The summed E-state index contributed by atoms with van der Waals surface area (Å²) in [6, 6.07) is 11.0. The van der Waals surface area contributed by atoms with Crippen LogP contribution in [-0.4, -0.2) is 16.0 Å². The van der Waals surface area contributed by atoms with E-state index in [9.17, 15) is 9.90 Å². The van der Waals surface area contributed by atoms with Gasteiger partial charge in [-0.2, -0.15) is 0 Å². The fourth-order valence-electron chi connectivity index (χ4n) is 1.89. The Morgan fingerprint density at radius 3 is 2.81 bits per heavy atom. The van der Waals surface area contributed by atoms with E-state index < -0.39 is 0 Å². The van der Waals surface area contributed by atoms with Crippen LogP contribution in [-0.2, 0) is 4.79 Å². The van der Waals surface area contributed by atoms with E-state index in [4.69, 9.17) is 0 Å². The van der Waals surface area contributed by atoms with Gasteiger partial charge in [0, 0.05) is 22.6 Å². The summed E-state index contributed by atoms with van der Waals surface area (Å²) in [6.07, 6.45) is 1.32. The first-order chi connectivity index (χ1) is 10.1. The lowest BCUT2D eigenvalue weighted by atomic mass is 10.1. The number of carbonyl (C=O) groups is 1. The van der Waals surface area contributed by atoms with Crippen molar-refractivity contribution in [2.45, 2.75) is 31.6 Å². The van der Waals surface area contributed by atoms with Crippen molar-refractivity contribution in [3.05, 3.63) is 42.1 Å². The van der Waals surface area contributed by atoms with E-state index in [2.05, 4.69) is 9.71 Å². The van der Waals surface area contributed by atoms with Crippen LogP contribution in [0.5, 0.6) is 5.75 Å². The Morgan fingerprint density at radius 2 is 2.05 bits per heavy atom. The highest BCUT2D eigenvalue weighted by molar-refractivity contribution is 7.98. The minimum absolute atomic E-state index is 0.00118. The van der Waals surface area contributed by atoms with E-state index in [1.807, 2.05) is 38.1 Å². The second-order valence-electron chi connectivity index (χ2n) is 4.69. The van der Waals surface area contributed by atoms with E-state index in [0.717, 1.165) is 22.6 Å². The molecule has 1 heterocycles.